The van der Waals surface area contributed by atoms with Gasteiger partial charge in [0.25, 0.3) is 5.91 Å². The number of phenols is 2. The number of rotatable bonds is 20. The molecule has 15 heteroatoms. The van der Waals surface area contributed by atoms with Crippen molar-refractivity contribution in [2.24, 2.45) is 11.6 Å². The van der Waals surface area contributed by atoms with Crippen LogP contribution in [0, 0.1) is 0 Å². The van der Waals surface area contributed by atoms with Gasteiger partial charge in [-0.1, -0.05) is 55.6 Å². The minimum Gasteiger partial charge on any atom is -0.504 e. The van der Waals surface area contributed by atoms with E-state index in [1.807, 2.05) is 24.3 Å². The van der Waals surface area contributed by atoms with Crippen molar-refractivity contribution in [2.45, 2.75) is 26.3 Å². The summed E-state index contributed by atoms with van der Waals surface area (Å²) in [5, 5.41) is 24.3. The van der Waals surface area contributed by atoms with Crippen LogP contribution >= 0.6 is 0 Å². The number of carbonyl (C=O) groups excluding carboxylic acids is 3. The number of hydrazine groups is 1. The highest BCUT2D eigenvalue weighted by Gasteiger charge is 2.28. The van der Waals surface area contributed by atoms with Gasteiger partial charge in [0.2, 0.25) is 11.7 Å². The highest BCUT2D eigenvalue weighted by molar-refractivity contribution is 5.94. The number of carbonyl (C=O) groups is 3. The van der Waals surface area contributed by atoms with E-state index < -0.39 is 11.5 Å². The molecule has 0 unspecified atom stereocenters. The van der Waals surface area contributed by atoms with E-state index in [0.717, 1.165) is 11.1 Å². The Hall–Kier alpha value is -6.52. The molecule has 4 aromatic rings. The van der Waals surface area contributed by atoms with Crippen LogP contribution in [0.4, 0.5) is 0 Å². The Kier molecular flexibility index (Phi) is 15.3. The molecule has 0 fully saturated rings. The molecule has 59 heavy (non-hydrogen) atoms. The number of allylic oxidation sites excluding steroid dienone is 2. The third kappa shape index (κ3) is 10.9. The van der Waals surface area contributed by atoms with Crippen molar-refractivity contribution < 1.29 is 43.2 Å². The SMILES string of the molecule is C=CC1=C(\C=C)N(C(=O)CCC(C)=O)Cc2ccccc2/C(N(N)CCOCCOCCOCCNC(=O)c2ccc(-c3cc(=O)c4ccc(O)c(O)c4o3)cc2)=C\1N. The van der Waals surface area contributed by atoms with Crippen LogP contribution in [0.2, 0.25) is 0 Å². The summed E-state index contributed by atoms with van der Waals surface area (Å²) in [5.74, 6) is 5.21. The van der Waals surface area contributed by atoms with Crippen LogP contribution in [-0.4, -0.2) is 90.5 Å². The van der Waals surface area contributed by atoms with Gasteiger partial charge in [0.05, 0.1) is 75.2 Å². The molecule has 3 aromatic carbocycles. The van der Waals surface area contributed by atoms with Gasteiger partial charge in [-0.05, 0) is 42.8 Å². The largest absolute Gasteiger partial charge is 0.504 e. The highest BCUT2D eigenvalue weighted by Crippen LogP contribution is 2.35. The lowest BCUT2D eigenvalue weighted by molar-refractivity contribution is -0.131. The highest BCUT2D eigenvalue weighted by atomic mass is 16.5. The summed E-state index contributed by atoms with van der Waals surface area (Å²) in [5.41, 5.74) is 10.5. The minimum absolute atomic E-state index is 0.0496. The van der Waals surface area contributed by atoms with Gasteiger partial charge in [-0.15, -0.1) is 0 Å². The van der Waals surface area contributed by atoms with E-state index in [9.17, 15) is 29.4 Å². The third-order valence-corrected chi connectivity index (χ3v) is 9.42. The van der Waals surface area contributed by atoms with Gasteiger partial charge in [-0.2, -0.15) is 0 Å². The number of fused-ring (bicyclic) bond motifs is 2. The lowest BCUT2D eigenvalue weighted by Crippen LogP contribution is -2.38. The van der Waals surface area contributed by atoms with Crippen LogP contribution in [0.5, 0.6) is 11.5 Å². The summed E-state index contributed by atoms with van der Waals surface area (Å²) in [7, 11) is 0. The minimum atomic E-state index is -0.524. The monoisotopic (exact) mass is 807 g/mol. The second-order valence-corrected chi connectivity index (χ2v) is 13.5. The first-order chi connectivity index (χ1) is 28.4. The van der Waals surface area contributed by atoms with Crippen molar-refractivity contribution >= 4 is 34.3 Å². The van der Waals surface area contributed by atoms with E-state index in [2.05, 4.69) is 18.5 Å². The van der Waals surface area contributed by atoms with E-state index in [0.29, 0.717) is 66.8 Å². The average Bonchev–Trinajstić information content (AvgIpc) is 3.22. The van der Waals surface area contributed by atoms with Gasteiger partial charge >= 0.3 is 0 Å². The molecular formula is C44H49N5O10. The molecule has 0 aliphatic carbocycles. The standard InChI is InChI=1S/C44H49N5O10/c1-4-32-35(5-2)48(39(53)17-10-28(3)50)27-31-8-6-7-9-33(31)41(40(32)45)49(46)19-21-57-23-25-58-24-22-56-20-18-47-44(55)30-13-11-29(12-14-30)38-26-37(52)34-15-16-36(51)42(54)43(34)59-38/h4-9,11-16,26,51,54H,1-2,10,17-25,27,45-46H2,3H3,(H,47,55)/b35-32-,41-40-. The number of nitrogens with two attached hydrogens (primary N) is 2. The summed E-state index contributed by atoms with van der Waals surface area (Å²) in [6.45, 7) is 11.9. The lowest BCUT2D eigenvalue weighted by Gasteiger charge is -2.33. The first-order valence-electron chi connectivity index (χ1n) is 18.9. The van der Waals surface area contributed by atoms with Crippen molar-refractivity contribution in [1.29, 1.82) is 0 Å². The fourth-order valence-corrected chi connectivity index (χ4v) is 6.36. The molecule has 0 spiro atoms. The average molecular weight is 808 g/mol. The van der Waals surface area contributed by atoms with Crippen molar-refractivity contribution in [1.82, 2.24) is 15.2 Å². The number of nitrogens with zero attached hydrogens (tertiary/aromatic N) is 2. The molecule has 1 aliphatic rings. The van der Waals surface area contributed by atoms with Gasteiger partial charge in [-0.25, -0.2) is 5.84 Å². The third-order valence-electron chi connectivity index (χ3n) is 9.42. The number of Topliss-reactive ketones (excluding diaryl/α,β-unsaturated/α-hetero) is 1. The van der Waals surface area contributed by atoms with Crippen LogP contribution < -0.4 is 22.3 Å². The molecule has 5 rings (SSSR count). The second-order valence-electron chi connectivity index (χ2n) is 13.5. The number of aromatic hydroxyl groups is 2. The molecule has 2 heterocycles. The number of ether oxygens (including phenoxy) is 3. The Bertz CT molecular complexity index is 2320. The molecule has 0 bridgehead atoms. The van der Waals surface area contributed by atoms with Crippen LogP contribution in [0.25, 0.3) is 28.0 Å². The van der Waals surface area contributed by atoms with Crippen LogP contribution in [-0.2, 0) is 30.3 Å². The molecule has 2 amide bonds. The van der Waals surface area contributed by atoms with Gasteiger partial charge in [0.15, 0.2) is 16.8 Å². The van der Waals surface area contributed by atoms with E-state index in [1.54, 1.807) is 41.3 Å². The Labute approximate surface area is 341 Å². The number of hydrogen-bond donors (Lipinski definition) is 5. The smallest absolute Gasteiger partial charge is 0.251 e. The predicted molar refractivity (Wildman–Crippen MR) is 222 cm³/mol. The topological polar surface area (TPSA) is 220 Å². The second kappa shape index (κ2) is 20.8. The maximum absolute atomic E-state index is 13.3. The first kappa shape index (κ1) is 43.6. The van der Waals surface area contributed by atoms with Crippen LogP contribution in [0.15, 0.2) is 118 Å². The first-order valence-corrected chi connectivity index (χ1v) is 18.9. The van der Waals surface area contributed by atoms with Crippen molar-refractivity contribution in [3.63, 3.8) is 0 Å². The Balaban J connectivity index is 1.02. The lowest BCUT2D eigenvalue weighted by atomic mass is 9.95. The van der Waals surface area contributed by atoms with E-state index in [1.165, 1.54) is 30.1 Å². The molecule has 0 radical (unpaired) electrons. The molecular weight excluding hydrogens is 759 g/mol. The maximum atomic E-state index is 13.3. The fourth-order valence-electron chi connectivity index (χ4n) is 6.36. The number of nitrogens with one attached hydrogen (secondary N) is 1. The zero-order valence-electron chi connectivity index (χ0n) is 32.9. The number of amides is 2. The van der Waals surface area contributed by atoms with Crippen molar-refractivity contribution in [3.05, 3.63) is 136 Å². The quantitative estimate of drug-likeness (QED) is 0.0360. The summed E-state index contributed by atoms with van der Waals surface area (Å²) in [6.07, 6.45) is 3.29. The molecule has 1 aliphatic heterocycles. The van der Waals surface area contributed by atoms with Gasteiger partial charge in [0, 0.05) is 47.7 Å². The van der Waals surface area contributed by atoms with E-state index >= 15 is 0 Å². The molecule has 7 N–H and O–H groups in total. The zero-order valence-corrected chi connectivity index (χ0v) is 32.9. The number of phenolic OH excluding ortho intramolecular Hbond substituents is 2. The summed E-state index contributed by atoms with van der Waals surface area (Å²) in [4.78, 5) is 51.7. The Morgan fingerprint density at radius 3 is 2.27 bits per heavy atom. The summed E-state index contributed by atoms with van der Waals surface area (Å²) < 4.78 is 22.6. The molecule has 0 saturated carbocycles. The maximum Gasteiger partial charge on any atom is 0.251 e. The van der Waals surface area contributed by atoms with Gasteiger partial charge < -0.3 is 54.6 Å². The predicted octanol–water partition coefficient (Wildman–Crippen LogP) is 4.49. The molecule has 15 nitrogen and oxygen atoms in total. The van der Waals surface area contributed by atoms with E-state index in [-0.39, 0.29) is 78.9 Å². The number of benzene rings is 3. The van der Waals surface area contributed by atoms with Crippen LogP contribution in [0.1, 0.15) is 41.3 Å². The Morgan fingerprint density at radius 1 is 0.915 bits per heavy atom. The van der Waals surface area contributed by atoms with E-state index in [4.69, 9.17) is 30.2 Å². The van der Waals surface area contributed by atoms with Crippen LogP contribution in [0.3, 0.4) is 0 Å². The summed E-state index contributed by atoms with van der Waals surface area (Å²) >= 11 is 0. The number of hydrogen-bond acceptors (Lipinski definition) is 13. The van der Waals surface area contributed by atoms with Gasteiger partial charge in [-0.3, -0.25) is 14.4 Å². The zero-order chi connectivity index (χ0) is 42.5. The normalized spacial score (nSPS) is 15.3. The van der Waals surface area contributed by atoms with Gasteiger partial charge in [0.1, 0.15) is 11.5 Å². The van der Waals surface area contributed by atoms with Crippen molar-refractivity contribution in [3.8, 4) is 22.8 Å². The number of ketones is 1. The Morgan fingerprint density at radius 2 is 1.59 bits per heavy atom. The molecule has 0 atom stereocenters. The molecule has 1 aromatic heterocycles. The summed E-state index contributed by atoms with van der Waals surface area (Å²) in [6, 6.07) is 17.8. The molecule has 310 valence electrons. The van der Waals surface area contributed by atoms with Crippen molar-refractivity contribution in [2.75, 3.05) is 52.7 Å². The fraction of sp³-hybridized carbons (Fsp3) is 0.273. The molecule has 0 saturated heterocycles.